The number of hydrogen-bond acceptors (Lipinski definition) is 3. The Balaban J connectivity index is 1.85. The molecule has 0 bridgehead atoms. The predicted octanol–water partition coefficient (Wildman–Crippen LogP) is 4.54. The van der Waals surface area contributed by atoms with Crippen LogP contribution in [0.1, 0.15) is 11.3 Å². The maximum absolute atomic E-state index is 14.2. The van der Waals surface area contributed by atoms with E-state index < -0.39 is 0 Å². The molecule has 0 fully saturated rings. The summed E-state index contributed by atoms with van der Waals surface area (Å²) in [5, 5.41) is 6.84. The van der Waals surface area contributed by atoms with Crippen LogP contribution in [-0.4, -0.2) is 14.8 Å². The van der Waals surface area contributed by atoms with Crippen LogP contribution in [0.2, 0.25) is 0 Å². The highest BCUT2D eigenvalue weighted by Gasteiger charge is 2.09. The van der Waals surface area contributed by atoms with E-state index in [0.717, 1.165) is 19.8 Å². The minimum absolute atomic E-state index is 0.249. The summed E-state index contributed by atoms with van der Waals surface area (Å²) in [6.07, 6.45) is 3.62. The first-order valence-electron chi connectivity index (χ1n) is 6.13. The van der Waals surface area contributed by atoms with Crippen molar-refractivity contribution < 1.29 is 4.39 Å². The number of thiazole rings is 1. The van der Waals surface area contributed by atoms with Crippen molar-refractivity contribution in [3.8, 4) is 10.6 Å². The Morgan fingerprint density at radius 2 is 2.24 bits per heavy atom. The van der Waals surface area contributed by atoms with Gasteiger partial charge < -0.3 is 0 Å². The van der Waals surface area contributed by atoms with Gasteiger partial charge in [0.15, 0.2) is 0 Å². The van der Waals surface area contributed by atoms with Gasteiger partial charge in [-0.2, -0.15) is 5.10 Å². The van der Waals surface area contributed by atoms with E-state index in [1.807, 2.05) is 17.6 Å². The van der Waals surface area contributed by atoms with E-state index in [-0.39, 0.29) is 5.82 Å². The van der Waals surface area contributed by atoms with E-state index >= 15 is 0 Å². The standard InChI is InChI=1S/C14H10ClFIN3S/c15-4-12-8-21-14(19-12)9-1-2-10(13(16)3-9)6-20-7-11(17)5-18-20/h1-3,5,7-8H,4,6H2. The van der Waals surface area contributed by atoms with Crippen molar-refractivity contribution in [3.05, 3.63) is 56.6 Å². The normalized spacial score (nSPS) is 11.0. The van der Waals surface area contributed by atoms with E-state index in [9.17, 15) is 4.39 Å². The monoisotopic (exact) mass is 433 g/mol. The molecule has 1 aromatic carbocycles. The lowest BCUT2D eigenvalue weighted by molar-refractivity contribution is 0.585. The summed E-state index contributed by atoms with van der Waals surface area (Å²) in [5.74, 6) is 0.121. The van der Waals surface area contributed by atoms with Gasteiger partial charge in [-0.3, -0.25) is 4.68 Å². The van der Waals surface area contributed by atoms with Crippen LogP contribution in [0, 0.1) is 9.39 Å². The Morgan fingerprint density at radius 1 is 1.38 bits per heavy atom. The van der Waals surface area contributed by atoms with Crippen molar-refractivity contribution in [2.45, 2.75) is 12.4 Å². The number of halogens is 3. The second kappa shape index (κ2) is 6.41. The van der Waals surface area contributed by atoms with Gasteiger partial charge in [-0.15, -0.1) is 22.9 Å². The highest BCUT2D eigenvalue weighted by atomic mass is 127. The van der Waals surface area contributed by atoms with Crippen LogP contribution in [-0.2, 0) is 12.4 Å². The Labute approximate surface area is 143 Å². The number of rotatable bonds is 4. The van der Waals surface area contributed by atoms with E-state index in [0.29, 0.717) is 18.0 Å². The minimum atomic E-state index is -0.249. The number of nitrogens with zero attached hydrogens (tertiary/aromatic N) is 3. The van der Waals surface area contributed by atoms with Gasteiger partial charge in [0.2, 0.25) is 0 Å². The maximum atomic E-state index is 14.2. The van der Waals surface area contributed by atoms with Gasteiger partial charge >= 0.3 is 0 Å². The molecule has 2 heterocycles. The number of aromatic nitrogens is 3. The van der Waals surface area contributed by atoms with Crippen molar-refractivity contribution in [1.82, 2.24) is 14.8 Å². The predicted molar refractivity (Wildman–Crippen MR) is 91.1 cm³/mol. The summed E-state index contributed by atoms with van der Waals surface area (Å²) in [4.78, 5) is 4.36. The topological polar surface area (TPSA) is 30.7 Å². The van der Waals surface area contributed by atoms with E-state index in [1.165, 1.54) is 17.4 Å². The molecule has 0 unspecified atom stereocenters. The van der Waals surface area contributed by atoms with Crippen LogP contribution in [0.25, 0.3) is 10.6 Å². The van der Waals surface area contributed by atoms with Gasteiger partial charge in [-0.25, -0.2) is 9.37 Å². The molecule has 7 heteroatoms. The maximum Gasteiger partial charge on any atom is 0.128 e. The molecule has 0 aliphatic heterocycles. The van der Waals surface area contributed by atoms with E-state index in [4.69, 9.17) is 11.6 Å². The second-order valence-corrected chi connectivity index (χ2v) is 6.81. The Kier molecular flexibility index (Phi) is 4.56. The fourth-order valence-electron chi connectivity index (χ4n) is 1.91. The van der Waals surface area contributed by atoms with Crippen LogP contribution in [0.3, 0.4) is 0 Å². The third-order valence-corrected chi connectivity index (χ3v) is 4.69. The summed E-state index contributed by atoms with van der Waals surface area (Å²) in [7, 11) is 0. The lowest BCUT2D eigenvalue weighted by atomic mass is 10.1. The molecule has 2 aromatic heterocycles. The Bertz CT molecular complexity index is 771. The van der Waals surface area contributed by atoms with Crippen LogP contribution in [0.15, 0.2) is 36.0 Å². The number of benzene rings is 1. The first-order chi connectivity index (χ1) is 10.2. The summed E-state index contributed by atoms with van der Waals surface area (Å²) < 4.78 is 17.0. The summed E-state index contributed by atoms with van der Waals surface area (Å²) in [5.41, 5.74) is 2.19. The molecule has 0 atom stereocenters. The molecule has 0 saturated carbocycles. The van der Waals surface area contributed by atoms with Crippen molar-refractivity contribution in [3.63, 3.8) is 0 Å². The zero-order chi connectivity index (χ0) is 14.8. The summed E-state index contributed by atoms with van der Waals surface area (Å²) >= 11 is 9.38. The molecule has 3 nitrogen and oxygen atoms in total. The van der Waals surface area contributed by atoms with Crippen LogP contribution >= 0.6 is 45.5 Å². The first kappa shape index (κ1) is 14.9. The number of hydrogen-bond donors (Lipinski definition) is 0. The van der Waals surface area contributed by atoms with Crippen molar-refractivity contribution in [2.75, 3.05) is 0 Å². The lowest BCUT2D eigenvalue weighted by Crippen LogP contribution is -2.02. The molecular formula is C14H10ClFIN3S. The van der Waals surface area contributed by atoms with Gasteiger partial charge in [0.1, 0.15) is 10.8 Å². The van der Waals surface area contributed by atoms with Crippen LogP contribution in [0.4, 0.5) is 4.39 Å². The third kappa shape index (κ3) is 3.44. The highest BCUT2D eigenvalue weighted by molar-refractivity contribution is 14.1. The van der Waals surface area contributed by atoms with Crippen LogP contribution in [0.5, 0.6) is 0 Å². The molecule has 0 amide bonds. The molecule has 0 saturated heterocycles. The average molecular weight is 434 g/mol. The second-order valence-electron chi connectivity index (χ2n) is 4.44. The van der Waals surface area contributed by atoms with Gasteiger partial charge in [-0.05, 0) is 28.7 Å². The van der Waals surface area contributed by atoms with Gasteiger partial charge in [0.25, 0.3) is 0 Å². The molecule has 108 valence electrons. The van der Waals surface area contributed by atoms with Gasteiger partial charge in [-0.1, -0.05) is 12.1 Å². The summed E-state index contributed by atoms with van der Waals surface area (Å²) in [6, 6.07) is 5.17. The quantitative estimate of drug-likeness (QED) is 0.447. The van der Waals surface area contributed by atoms with E-state index in [1.54, 1.807) is 16.9 Å². The molecule has 0 aliphatic carbocycles. The van der Waals surface area contributed by atoms with Gasteiger partial charge in [0.05, 0.1) is 27.9 Å². The molecule has 3 rings (SSSR count). The third-order valence-electron chi connectivity index (χ3n) is 2.92. The molecule has 3 aromatic rings. The summed E-state index contributed by atoms with van der Waals surface area (Å²) in [6.45, 7) is 0.417. The Morgan fingerprint density at radius 3 is 2.86 bits per heavy atom. The number of alkyl halides is 1. The zero-order valence-electron chi connectivity index (χ0n) is 10.8. The largest absolute Gasteiger partial charge is 0.267 e. The molecular weight excluding hydrogens is 424 g/mol. The highest BCUT2D eigenvalue weighted by Crippen LogP contribution is 2.26. The SMILES string of the molecule is Fc1cc(-c2nc(CCl)cs2)ccc1Cn1cc(I)cn1. The fraction of sp³-hybridized carbons (Fsp3) is 0.143. The molecule has 0 radical (unpaired) electrons. The lowest BCUT2D eigenvalue weighted by Gasteiger charge is -2.05. The van der Waals surface area contributed by atoms with Crippen LogP contribution < -0.4 is 0 Å². The Hall–Kier alpha value is -0.990. The fourth-order valence-corrected chi connectivity index (χ4v) is 3.40. The smallest absolute Gasteiger partial charge is 0.128 e. The molecule has 0 N–H and O–H groups in total. The molecule has 0 spiro atoms. The van der Waals surface area contributed by atoms with Gasteiger partial charge in [0, 0.05) is 22.7 Å². The minimum Gasteiger partial charge on any atom is -0.267 e. The first-order valence-corrected chi connectivity index (χ1v) is 8.62. The van der Waals surface area contributed by atoms with Crippen molar-refractivity contribution in [1.29, 1.82) is 0 Å². The molecule has 0 aliphatic rings. The molecule has 21 heavy (non-hydrogen) atoms. The average Bonchev–Trinajstić information content (AvgIpc) is 3.10. The van der Waals surface area contributed by atoms with E-state index in [2.05, 4.69) is 32.7 Å². The van der Waals surface area contributed by atoms with Crippen molar-refractivity contribution in [2.24, 2.45) is 0 Å². The zero-order valence-corrected chi connectivity index (χ0v) is 14.5. The van der Waals surface area contributed by atoms with Crippen molar-refractivity contribution >= 4 is 45.5 Å².